The zero-order valence-corrected chi connectivity index (χ0v) is 16.6. The van der Waals surface area contributed by atoms with Crippen molar-refractivity contribution in [2.45, 2.75) is 84.8 Å². The summed E-state index contributed by atoms with van der Waals surface area (Å²) in [5, 5.41) is 22.6. The van der Waals surface area contributed by atoms with Gasteiger partial charge in [-0.3, -0.25) is 4.79 Å². The van der Waals surface area contributed by atoms with Gasteiger partial charge in [0.25, 0.3) is 0 Å². The van der Waals surface area contributed by atoms with E-state index in [-0.39, 0.29) is 28.6 Å². The van der Waals surface area contributed by atoms with Gasteiger partial charge in [0.1, 0.15) is 5.78 Å². The van der Waals surface area contributed by atoms with E-state index < -0.39 is 5.60 Å². The maximum Gasteiger partial charge on any atom is 0.135 e. The molecule has 4 saturated carbocycles. The summed E-state index contributed by atoms with van der Waals surface area (Å²) < 4.78 is 0. The lowest BCUT2D eigenvalue weighted by molar-refractivity contribution is -0.246. The Morgan fingerprint density at radius 3 is 2.44 bits per heavy atom. The number of rotatable bonds is 0. The topological polar surface area (TPSA) is 57.5 Å². The highest BCUT2D eigenvalue weighted by atomic mass is 16.3. The third-order valence-electron chi connectivity index (χ3n) is 9.96. The SMILES string of the molecule is CC1CC2C3C(C)[C@@H](C)C4(O)CC(=O)CCC4(C)C3CCC2(C)C1O. The first-order valence-electron chi connectivity index (χ1n) is 10.5. The summed E-state index contributed by atoms with van der Waals surface area (Å²) in [5.41, 5.74) is -0.972. The van der Waals surface area contributed by atoms with Crippen LogP contribution in [0.25, 0.3) is 0 Å². The molecule has 0 aliphatic heterocycles. The monoisotopic (exact) mass is 348 g/mol. The van der Waals surface area contributed by atoms with E-state index in [1.54, 1.807) is 0 Å². The van der Waals surface area contributed by atoms with Crippen LogP contribution >= 0.6 is 0 Å². The number of carbonyl (C=O) groups is 1. The zero-order valence-electron chi connectivity index (χ0n) is 16.6. The second kappa shape index (κ2) is 5.32. The van der Waals surface area contributed by atoms with Gasteiger partial charge in [0.05, 0.1) is 11.7 Å². The quantitative estimate of drug-likeness (QED) is 0.700. The van der Waals surface area contributed by atoms with Gasteiger partial charge in [-0.05, 0) is 66.6 Å². The Morgan fingerprint density at radius 1 is 1.08 bits per heavy atom. The fraction of sp³-hybridized carbons (Fsp3) is 0.955. The first-order valence-corrected chi connectivity index (χ1v) is 10.5. The summed E-state index contributed by atoms with van der Waals surface area (Å²) in [6, 6.07) is 0. The standard InChI is InChI=1S/C22H36O3/c1-12-10-17-18-13(2)14(3)22(25)11-15(23)6-9-21(22,5)16(18)7-8-20(17,4)19(12)24/h12-14,16-19,24-25H,6-11H2,1-5H3/t12?,13?,14-,16?,17?,18?,19?,20?,21?,22?/m1/s1. The van der Waals surface area contributed by atoms with E-state index in [1.807, 2.05) is 0 Å². The van der Waals surface area contributed by atoms with Gasteiger partial charge in [0.2, 0.25) is 0 Å². The van der Waals surface area contributed by atoms with E-state index >= 15 is 0 Å². The minimum absolute atomic E-state index is 0.0326. The second-order valence-corrected chi connectivity index (χ2v) is 10.7. The normalized spacial score (nSPS) is 61.4. The second-order valence-electron chi connectivity index (χ2n) is 10.7. The molecule has 0 radical (unpaired) electrons. The van der Waals surface area contributed by atoms with Crippen molar-refractivity contribution < 1.29 is 15.0 Å². The predicted octanol–water partition coefficient (Wildman–Crippen LogP) is 3.81. The van der Waals surface area contributed by atoms with Crippen molar-refractivity contribution in [3.05, 3.63) is 0 Å². The minimum atomic E-state index is -0.848. The molecular weight excluding hydrogens is 312 g/mol. The van der Waals surface area contributed by atoms with Crippen LogP contribution in [0, 0.1) is 46.3 Å². The smallest absolute Gasteiger partial charge is 0.135 e. The van der Waals surface area contributed by atoms with E-state index in [4.69, 9.17) is 0 Å². The summed E-state index contributed by atoms with van der Waals surface area (Å²) in [4.78, 5) is 12.2. The highest BCUT2D eigenvalue weighted by Gasteiger charge is 2.69. The van der Waals surface area contributed by atoms with Crippen LogP contribution in [-0.4, -0.2) is 27.7 Å². The minimum Gasteiger partial charge on any atom is -0.392 e. The van der Waals surface area contributed by atoms with Crippen molar-refractivity contribution in [2.24, 2.45) is 46.3 Å². The van der Waals surface area contributed by atoms with E-state index in [0.717, 1.165) is 25.7 Å². The molecule has 3 heteroatoms. The number of hydrogen-bond donors (Lipinski definition) is 2. The van der Waals surface area contributed by atoms with Crippen LogP contribution in [0.1, 0.15) is 73.1 Å². The average Bonchev–Trinajstić information content (AvgIpc) is 2.79. The molecule has 0 aromatic heterocycles. The van der Waals surface area contributed by atoms with Crippen molar-refractivity contribution in [3.8, 4) is 0 Å². The maximum absolute atomic E-state index is 12.2. The Kier molecular flexibility index (Phi) is 3.82. The fourth-order valence-electron chi connectivity index (χ4n) is 8.18. The lowest BCUT2D eigenvalue weighted by Gasteiger charge is -2.67. The van der Waals surface area contributed by atoms with Crippen LogP contribution < -0.4 is 0 Å². The molecule has 0 spiro atoms. The van der Waals surface area contributed by atoms with Crippen LogP contribution in [0.2, 0.25) is 0 Å². The van der Waals surface area contributed by atoms with Crippen molar-refractivity contribution in [1.29, 1.82) is 0 Å². The van der Waals surface area contributed by atoms with Gasteiger partial charge in [-0.15, -0.1) is 0 Å². The van der Waals surface area contributed by atoms with Crippen LogP contribution in [-0.2, 0) is 4.79 Å². The summed E-state index contributed by atoms with van der Waals surface area (Å²) in [6.45, 7) is 11.3. The first-order chi connectivity index (χ1) is 11.6. The molecule has 0 amide bonds. The summed E-state index contributed by atoms with van der Waals surface area (Å²) in [7, 11) is 0. The molecule has 142 valence electrons. The number of aliphatic hydroxyl groups excluding tert-OH is 1. The summed E-state index contributed by atoms with van der Waals surface area (Å²) >= 11 is 0. The Morgan fingerprint density at radius 2 is 1.76 bits per heavy atom. The Balaban J connectivity index is 1.78. The molecule has 3 nitrogen and oxygen atoms in total. The molecule has 0 bridgehead atoms. The fourth-order valence-corrected chi connectivity index (χ4v) is 8.18. The lowest BCUT2D eigenvalue weighted by Crippen LogP contribution is -2.68. The molecule has 25 heavy (non-hydrogen) atoms. The van der Waals surface area contributed by atoms with Gasteiger partial charge in [0.15, 0.2) is 0 Å². The Bertz CT molecular complexity index is 588. The van der Waals surface area contributed by atoms with E-state index in [1.165, 1.54) is 0 Å². The molecule has 10 atom stereocenters. The van der Waals surface area contributed by atoms with Gasteiger partial charge in [-0.1, -0.05) is 34.6 Å². The maximum atomic E-state index is 12.2. The molecule has 0 aromatic carbocycles. The average molecular weight is 349 g/mol. The largest absolute Gasteiger partial charge is 0.392 e. The Labute approximate surface area is 152 Å². The molecule has 4 fully saturated rings. The highest BCUT2D eigenvalue weighted by molar-refractivity contribution is 5.81. The molecule has 0 heterocycles. The third kappa shape index (κ3) is 2.03. The molecule has 4 aliphatic rings. The number of aliphatic hydroxyl groups is 2. The van der Waals surface area contributed by atoms with Crippen LogP contribution in [0.3, 0.4) is 0 Å². The van der Waals surface area contributed by atoms with Gasteiger partial charge in [0, 0.05) is 18.3 Å². The molecule has 4 rings (SSSR count). The number of hydrogen-bond acceptors (Lipinski definition) is 3. The van der Waals surface area contributed by atoms with Crippen molar-refractivity contribution in [3.63, 3.8) is 0 Å². The molecule has 2 N–H and O–H groups in total. The van der Waals surface area contributed by atoms with Gasteiger partial charge >= 0.3 is 0 Å². The molecule has 0 saturated heterocycles. The highest BCUT2D eigenvalue weighted by Crippen LogP contribution is 2.70. The van der Waals surface area contributed by atoms with E-state index in [0.29, 0.717) is 42.4 Å². The summed E-state index contributed by atoms with van der Waals surface area (Å²) in [6.07, 6.45) is 4.88. The number of ketones is 1. The van der Waals surface area contributed by atoms with Crippen molar-refractivity contribution >= 4 is 5.78 Å². The van der Waals surface area contributed by atoms with Crippen molar-refractivity contribution in [2.75, 3.05) is 0 Å². The molecule has 4 aliphatic carbocycles. The van der Waals surface area contributed by atoms with E-state index in [2.05, 4.69) is 34.6 Å². The van der Waals surface area contributed by atoms with Gasteiger partial charge in [-0.25, -0.2) is 0 Å². The molecular formula is C22H36O3. The number of fused-ring (bicyclic) bond motifs is 5. The van der Waals surface area contributed by atoms with Crippen LogP contribution in [0.4, 0.5) is 0 Å². The van der Waals surface area contributed by atoms with Gasteiger partial charge in [-0.2, -0.15) is 0 Å². The Hall–Kier alpha value is -0.410. The van der Waals surface area contributed by atoms with E-state index in [9.17, 15) is 15.0 Å². The lowest BCUT2D eigenvalue weighted by atomic mass is 9.39. The molecule has 9 unspecified atom stereocenters. The predicted molar refractivity (Wildman–Crippen MR) is 97.8 cm³/mol. The summed E-state index contributed by atoms with van der Waals surface area (Å²) in [5.74, 6) is 2.74. The zero-order chi connectivity index (χ0) is 18.4. The van der Waals surface area contributed by atoms with Gasteiger partial charge < -0.3 is 10.2 Å². The first kappa shape index (κ1) is 18.0. The van der Waals surface area contributed by atoms with Crippen molar-refractivity contribution in [1.82, 2.24) is 0 Å². The third-order valence-corrected chi connectivity index (χ3v) is 9.96. The van der Waals surface area contributed by atoms with Crippen LogP contribution in [0.15, 0.2) is 0 Å². The molecule has 0 aromatic rings. The number of carbonyl (C=O) groups excluding carboxylic acids is 1. The van der Waals surface area contributed by atoms with Crippen LogP contribution in [0.5, 0.6) is 0 Å². The number of Topliss-reactive ketones (excluding diaryl/α,β-unsaturated/α-hetero) is 1.